The first-order chi connectivity index (χ1) is 15.9. The highest BCUT2D eigenvalue weighted by atomic mass is 79.9. The summed E-state index contributed by atoms with van der Waals surface area (Å²) in [5, 5.41) is 24.5. The Labute approximate surface area is 196 Å². The van der Waals surface area contributed by atoms with Crippen LogP contribution in [0.3, 0.4) is 0 Å². The van der Waals surface area contributed by atoms with Gasteiger partial charge >= 0.3 is 0 Å². The number of carbonyl (C=O) groups excluding carboxylic acids is 2. The zero-order valence-electron chi connectivity index (χ0n) is 17.1. The first-order valence-electron chi connectivity index (χ1n) is 10.1. The number of nitrogens with zero attached hydrogens (tertiary/aromatic N) is 3. The number of ketones is 2. The number of anilines is 1. The summed E-state index contributed by atoms with van der Waals surface area (Å²) in [5.41, 5.74) is 1.12. The minimum Gasteiger partial charge on any atom is -0.494 e. The van der Waals surface area contributed by atoms with Crippen LogP contribution in [0.15, 0.2) is 65.3 Å². The van der Waals surface area contributed by atoms with Crippen molar-refractivity contribution in [3.63, 3.8) is 0 Å². The molecule has 2 heterocycles. The maximum Gasteiger partial charge on any atom is 0.223 e. The number of halogens is 1. The van der Waals surface area contributed by atoms with Gasteiger partial charge in [-0.15, -0.1) is 0 Å². The first-order valence-corrected chi connectivity index (χ1v) is 10.9. The fraction of sp³-hybridized carbons (Fsp3) is 0.0833. The average molecular weight is 505 g/mol. The number of hydrogen-bond acceptors (Lipinski definition) is 7. The molecule has 5 rings (SSSR count). The van der Waals surface area contributed by atoms with Gasteiger partial charge in [0.25, 0.3) is 0 Å². The Morgan fingerprint density at radius 3 is 2.33 bits per heavy atom. The zero-order valence-corrected chi connectivity index (χ0v) is 18.7. The summed E-state index contributed by atoms with van der Waals surface area (Å²) in [4.78, 5) is 34.7. The highest BCUT2D eigenvalue weighted by Crippen LogP contribution is 2.40. The molecule has 0 amide bonds. The molecule has 2 aromatic carbocycles. The summed E-state index contributed by atoms with van der Waals surface area (Å²) in [6.07, 6.45) is 1.26. The van der Waals surface area contributed by atoms with Gasteiger partial charge in [0.2, 0.25) is 29.3 Å². The van der Waals surface area contributed by atoms with E-state index in [1.807, 2.05) is 48.5 Å². The Hall–Kier alpha value is -3.98. The smallest absolute Gasteiger partial charge is 0.223 e. The number of hydrogen-bond donors (Lipinski definition) is 3. The molecule has 3 N–H and O–H groups in total. The van der Waals surface area contributed by atoms with Gasteiger partial charge in [-0.3, -0.25) is 14.2 Å². The van der Waals surface area contributed by atoms with E-state index < -0.39 is 23.3 Å². The Kier molecular flexibility index (Phi) is 5.18. The van der Waals surface area contributed by atoms with Gasteiger partial charge in [0.05, 0.1) is 17.7 Å². The number of fused-ring (bicyclic) bond motifs is 2. The normalized spacial score (nSPS) is 12.4. The van der Waals surface area contributed by atoms with E-state index in [0.29, 0.717) is 6.54 Å². The van der Waals surface area contributed by atoms with E-state index in [0.717, 1.165) is 20.2 Å². The van der Waals surface area contributed by atoms with Crippen LogP contribution >= 0.6 is 15.9 Å². The maximum absolute atomic E-state index is 13.2. The lowest BCUT2D eigenvalue weighted by Crippen LogP contribution is -2.22. The number of carbonyl (C=O) groups is 2. The van der Waals surface area contributed by atoms with E-state index in [4.69, 9.17) is 0 Å². The Bertz CT molecular complexity index is 1420. The molecule has 0 radical (unpaired) electrons. The predicted octanol–water partition coefficient (Wildman–Crippen LogP) is 3.89. The van der Waals surface area contributed by atoms with Crippen molar-refractivity contribution in [1.29, 1.82) is 0 Å². The molecule has 8 nitrogen and oxygen atoms in total. The summed E-state index contributed by atoms with van der Waals surface area (Å²) in [6.45, 7) is 0.499. The lowest BCUT2D eigenvalue weighted by molar-refractivity contribution is 0.0972. The molecule has 0 atom stereocenters. The molecule has 0 saturated heterocycles. The molecular weight excluding hydrogens is 488 g/mol. The summed E-state index contributed by atoms with van der Waals surface area (Å²) in [6, 6.07) is 16.8. The first kappa shape index (κ1) is 20.9. The summed E-state index contributed by atoms with van der Waals surface area (Å²) in [5.74, 6) is -2.04. The summed E-state index contributed by atoms with van der Waals surface area (Å²) < 4.78 is 1.96. The molecule has 2 aromatic heterocycles. The molecule has 1 aliphatic rings. The van der Waals surface area contributed by atoms with Crippen LogP contribution in [-0.4, -0.2) is 36.3 Å². The van der Waals surface area contributed by atoms with Gasteiger partial charge in [-0.1, -0.05) is 58.4 Å². The highest BCUT2D eigenvalue weighted by molar-refractivity contribution is 9.10. The van der Waals surface area contributed by atoms with Crippen molar-refractivity contribution >= 4 is 33.4 Å². The quantitative estimate of drug-likeness (QED) is 0.332. The lowest BCUT2D eigenvalue weighted by atomic mass is 9.90. The highest BCUT2D eigenvalue weighted by Gasteiger charge is 2.40. The fourth-order valence-corrected chi connectivity index (χ4v) is 4.27. The van der Waals surface area contributed by atoms with E-state index in [1.54, 1.807) is 6.07 Å². The topological polar surface area (TPSA) is 117 Å². The molecule has 0 bridgehead atoms. The Morgan fingerprint density at radius 1 is 0.909 bits per heavy atom. The van der Waals surface area contributed by atoms with Crippen LogP contribution in [-0.2, 0) is 13.1 Å². The molecule has 0 saturated carbocycles. The van der Waals surface area contributed by atoms with Gasteiger partial charge in [-0.2, -0.15) is 0 Å². The van der Waals surface area contributed by atoms with Crippen molar-refractivity contribution in [3.8, 4) is 11.8 Å². The van der Waals surface area contributed by atoms with E-state index >= 15 is 0 Å². The van der Waals surface area contributed by atoms with Crippen molar-refractivity contribution in [2.75, 3.05) is 5.32 Å². The lowest BCUT2D eigenvalue weighted by Gasteiger charge is -2.14. The van der Waals surface area contributed by atoms with Gasteiger partial charge < -0.3 is 15.5 Å². The van der Waals surface area contributed by atoms with Crippen molar-refractivity contribution in [2.24, 2.45) is 0 Å². The summed E-state index contributed by atoms with van der Waals surface area (Å²) in [7, 11) is 0. The van der Waals surface area contributed by atoms with Crippen LogP contribution in [0, 0.1) is 0 Å². The zero-order chi connectivity index (χ0) is 23.1. The van der Waals surface area contributed by atoms with Crippen molar-refractivity contribution in [1.82, 2.24) is 14.5 Å². The third-order valence-electron chi connectivity index (χ3n) is 5.43. The van der Waals surface area contributed by atoms with E-state index in [-0.39, 0.29) is 34.9 Å². The Balaban J connectivity index is 1.50. The van der Waals surface area contributed by atoms with Gasteiger partial charge in [-0.05, 0) is 23.3 Å². The minimum atomic E-state index is -0.648. The van der Waals surface area contributed by atoms with Gasteiger partial charge in [-0.25, -0.2) is 9.97 Å². The molecular formula is C24H17BrN4O4. The molecule has 0 unspecified atom stereocenters. The number of aromatic nitrogens is 3. The minimum absolute atomic E-state index is 0.0207. The van der Waals surface area contributed by atoms with E-state index in [1.165, 1.54) is 6.20 Å². The molecule has 4 aromatic rings. The van der Waals surface area contributed by atoms with E-state index in [2.05, 4.69) is 31.2 Å². The van der Waals surface area contributed by atoms with Gasteiger partial charge in [0.1, 0.15) is 11.3 Å². The molecule has 164 valence electrons. The predicted molar refractivity (Wildman–Crippen MR) is 124 cm³/mol. The van der Waals surface area contributed by atoms with Crippen LogP contribution in [0.1, 0.15) is 43.1 Å². The molecule has 0 fully saturated rings. The largest absolute Gasteiger partial charge is 0.494 e. The molecule has 0 spiro atoms. The fourth-order valence-electron chi connectivity index (χ4n) is 3.83. The monoisotopic (exact) mass is 504 g/mol. The second kappa shape index (κ2) is 8.18. The summed E-state index contributed by atoms with van der Waals surface area (Å²) >= 11 is 3.38. The standard InChI is InChI=1S/C24H17BrN4O4/c25-15-8-4-7-14(9-15)12-29-22(32)17-18(23(29)33)21(31)19-16(20(17)30)11-27-24(28-19)26-10-13-5-2-1-3-6-13/h1-9,11,32-33H,10,12H2,(H,26,27,28). The molecule has 1 aliphatic carbocycles. The maximum atomic E-state index is 13.2. The van der Waals surface area contributed by atoms with Crippen molar-refractivity contribution < 1.29 is 19.8 Å². The van der Waals surface area contributed by atoms with Crippen LogP contribution in [0.4, 0.5) is 5.95 Å². The number of benzene rings is 2. The third-order valence-corrected chi connectivity index (χ3v) is 5.93. The van der Waals surface area contributed by atoms with Crippen molar-refractivity contribution in [3.05, 3.63) is 98.8 Å². The number of aromatic hydroxyl groups is 2. The molecule has 9 heteroatoms. The van der Waals surface area contributed by atoms with Crippen LogP contribution < -0.4 is 5.32 Å². The van der Waals surface area contributed by atoms with Crippen LogP contribution in [0.5, 0.6) is 11.8 Å². The second-order valence-corrected chi connectivity index (χ2v) is 8.48. The van der Waals surface area contributed by atoms with Gasteiger partial charge in [0, 0.05) is 17.2 Å². The average Bonchev–Trinajstić information content (AvgIpc) is 3.07. The molecule has 33 heavy (non-hydrogen) atoms. The van der Waals surface area contributed by atoms with E-state index in [9.17, 15) is 19.8 Å². The van der Waals surface area contributed by atoms with Gasteiger partial charge in [0.15, 0.2) is 0 Å². The Morgan fingerprint density at radius 2 is 1.61 bits per heavy atom. The van der Waals surface area contributed by atoms with Crippen LogP contribution in [0.2, 0.25) is 0 Å². The number of nitrogens with one attached hydrogen (secondary N) is 1. The van der Waals surface area contributed by atoms with Crippen molar-refractivity contribution in [2.45, 2.75) is 13.1 Å². The third kappa shape index (κ3) is 3.66. The second-order valence-electron chi connectivity index (χ2n) is 7.57. The molecule has 0 aliphatic heterocycles. The SMILES string of the molecule is O=C1c2cnc(NCc3ccccc3)nc2C(=O)c2c1c(O)n(Cc1cccc(Br)c1)c2O. The number of rotatable bonds is 5. The van der Waals surface area contributed by atoms with Crippen LogP contribution in [0.25, 0.3) is 0 Å².